The molecule has 0 aromatic heterocycles. The standard InChI is InChI=1S/C13H16N2O3S/c1-10-5-7-15(8-6-10)13(16)11-3-2-4-12(9-11)19(14,17)18/h2-5,9H,6-8H2,1H3,(H2,14,17,18). The molecule has 1 amide bonds. The van der Waals surface area contributed by atoms with Crippen LogP contribution in [0.5, 0.6) is 0 Å². The quantitative estimate of drug-likeness (QED) is 0.824. The largest absolute Gasteiger partial charge is 0.335 e. The van der Waals surface area contributed by atoms with E-state index in [0.29, 0.717) is 18.7 Å². The number of rotatable bonds is 2. The molecule has 19 heavy (non-hydrogen) atoms. The van der Waals surface area contributed by atoms with Crippen LogP contribution in [-0.4, -0.2) is 32.3 Å². The number of nitrogens with zero attached hydrogens (tertiary/aromatic N) is 1. The van der Waals surface area contributed by atoms with E-state index < -0.39 is 10.0 Å². The molecule has 1 aliphatic heterocycles. The molecule has 1 aromatic carbocycles. The van der Waals surface area contributed by atoms with Crippen LogP contribution in [0.1, 0.15) is 23.7 Å². The van der Waals surface area contributed by atoms with Gasteiger partial charge in [0.2, 0.25) is 10.0 Å². The second-order valence-electron chi connectivity index (χ2n) is 4.62. The van der Waals surface area contributed by atoms with Crippen molar-refractivity contribution in [3.8, 4) is 0 Å². The molecule has 0 saturated carbocycles. The Morgan fingerprint density at radius 1 is 1.37 bits per heavy atom. The highest BCUT2D eigenvalue weighted by Gasteiger charge is 2.19. The number of carbonyl (C=O) groups is 1. The molecule has 0 bridgehead atoms. The molecule has 0 saturated heterocycles. The number of hydrogen-bond donors (Lipinski definition) is 1. The zero-order valence-corrected chi connectivity index (χ0v) is 11.5. The molecule has 2 rings (SSSR count). The molecule has 0 radical (unpaired) electrons. The molecule has 0 atom stereocenters. The van der Waals surface area contributed by atoms with E-state index in [1.807, 2.05) is 13.0 Å². The van der Waals surface area contributed by atoms with E-state index in [2.05, 4.69) is 0 Å². The number of nitrogens with two attached hydrogens (primary N) is 1. The summed E-state index contributed by atoms with van der Waals surface area (Å²) in [5, 5.41) is 5.06. The van der Waals surface area contributed by atoms with Crippen LogP contribution in [0.25, 0.3) is 0 Å². The predicted molar refractivity (Wildman–Crippen MR) is 72.1 cm³/mol. The maximum Gasteiger partial charge on any atom is 0.254 e. The van der Waals surface area contributed by atoms with Gasteiger partial charge in [0.05, 0.1) is 4.90 Å². The lowest BCUT2D eigenvalue weighted by molar-refractivity contribution is 0.0769. The molecular formula is C13H16N2O3S. The van der Waals surface area contributed by atoms with Gasteiger partial charge in [-0.15, -0.1) is 0 Å². The highest BCUT2D eigenvalue weighted by molar-refractivity contribution is 7.89. The van der Waals surface area contributed by atoms with Crippen molar-refractivity contribution in [2.45, 2.75) is 18.2 Å². The number of carbonyl (C=O) groups excluding carboxylic acids is 1. The summed E-state index contributed by atoms with van der Waals surface area (Å²) < 4.78 is 22.5. The Morgan fingerprint density at radius 2 is 2.11 bits per heavy atom. The molecule has 102 valence electrons. The monoisotopic (exact) mass is 280 g/mol. The normalized spacial score (nSPS) is 16.1. The van der Waals surface area contributed by atoms with E-state index in [1.54, 1.807) is 11.0 Å². The van der Waals surface area contributed by atoms with Gasteiger partial charge < -0.3 is 4.90 Å². The Hall–Kier alpha value is -1.66. The Morgan fingerprint density at radius 3 is 2.68 bits per heavy atom. The van der Waals surface area contributed by atoms with E-state index in [9.17, 15) is 13.2 Å². The van der Waals surface area contributed by atoms with Crippen molar-refractivity contribution >= 4 is 15.9 Å². The van der Waals surface area contributed by atoms with Gasteiger partial charge in [-0.1, -0.05) is 17.7 Å². The topological polar surface area (TPSA) is 80.5 Å². The van der Waals surface area contributed by atoms with Gasteiger partial charge >= 0.3 is 0 Å². The average molecular weight is 280 g/mol. The van der Waals surface area contributed by atoms with Crippen LogP contribution < -0.4 is 5.14 Å². The summed E-state index contributed by atoms with van der Waals surface area (Å²) in [4.78, 5) is 13.9. The van der Waals surface area contributed by atoms with Crippen LogP contribution in [0.3, 0.4) is 0 Å². The Bertz CT molecular complexity index is 635. The second kappa shape index (κ2) is 5.14. The van der Waals surface area contributed by atoms with Gasteiger partial charge in [-0.25, -0.2) is 13.6 Å². The van der Waals surface area contributed by atoms with E-state index in [1.165, 1.54) is 23.8 Å². The van der Waals surface area contributed by atoms with Crippen molar-refractivity contribution in [1.82, 2.24) is 4.90 Å². The first-order valence-corrected chi connectivity index (χ1v) is 7.50. The van der Waals surface area contributed by atoms with Gasteiger partial charge in [-0.3, -0.25) is 4.79 Å². The molecule has 1 aliphatic rings. The summed E-state index contributed by atoms with van der Waals surface area (Å²) in [6.45, 7) is 3.24. The van der Waals surface area contributed by atoms with Crippen LogP contribution in [-0.2, 0) is 10.0 Å². The maximum atomic E-state index is 12.2. The zero-order chi connectivity index (χ0) is 14.0. The van der Waals surface area contributed by atoms with Crippen molar-refractivity contribution in [2.75, 3.05) is 13.1 Å². The van der Waals surface area contributed by atoms with E-state index in [4.69, 9.17) is 5.14 Å². The minimum atomic E-state index is -3.78. The lowest BCUT2D eigenvalue weighted by Crippen LogP contribution is -2.34. The van der Waals surface area contributed by atoms with Gasteiger partial charge in [-0.05, 0) is 31.5 Å². The number of benzene rings is 1. The first-order valence-electron chi connectivity index (χ1n) is 5.96. The molecule has 5 nitrogen and oxygen atoms in total. The third-order valence-electron chi connectivity index (χ3n) is 3.13. The summed E-state index contributed by atoms with van der Waals surface area (Å²) in [5.41, 5.74) is 1.61. The molecule has 0 fully saturated rings. The van der Waals surface area contributed by atoms with Crippen molar-refractivity contribution < 1.29 is 13.2 Å². The smallest absolute Gasteiger partial charge is 0.254 e. The summed E-state index contributed by atoms with van der Waals surface area (Å²) >= 11 is 0. The molecule has 0 unspecified atom stereocenters. The van der Waals surface area contributed by atoms with Crippen molar-refractivity contribution in [3.63, 3.8) is 0 Å². The van der Waals surface area contributed by atoms with Gasteiger partial charge in [0.25, 0.3) is 5.91 Å². The van der Waals surface area contributed by atoms with Crippen LogP contribution in [0, 0.1) is 0 Å². The molecule has 1 heterocycles. The molecule has 2 N–H and O–H groups in total. The molecule has 0 aliphatic carbocycles. The lowest BCUT2D eigenvalue weighted by atomic mass is 10.1. The van der Waals surface area contributed by atoms with Crippen molar-refractivity contribution in [1.29, 1.82) is 0 Å². The lowest BCUT2D eigenvalue weighted by Gasteiger charge is -2.25. The first-order chi connectivity index (χ1) is 8.88. The summed E-state index contributed by atoms with van der Waals surface area (Å²) in [6, 6.07) is 5.83. The van der Waals surface area contributed by atoms with Crippen molar-refractivity contribution in [2.24, 2.45) is 5.14 Å². The minimum absolute atomic E-state index is 0.0397. The minimum Gasteiger partial charge on any atom is -0.335 e. The number of hydrogen-bond acceptors (Lipinski definition) is 3. The highest BCUT2D eigenvalue weighted by atomic mass is 32.2. The highest BCUT2D eigenvalue weighted by Crippen LogP contribution is 2.15. The fourth-order valence-electron chi connectivity index (χ4n) is 1.94. The predicted octanol–water partition coefficient (Wildman–Crippen LogP) is 1.13. The third-order valence-corrected chi connectivity index (χ3v) is 4.04. The fourth-order valence-corrected chi connectivity index (χ4v) is 2.50. The first kappa shape index (κ1) is 13.8. The molecule has 1 aromatic rings. The number of amides is 1. The number of primary sulfonamides is 1. The second-order valence-corrected chi connectivity index (χ2v) is 6.19. The summed E-state index contributed by atoms with van der Waals surface area (Å²) in [7, 11) is -3.78. The van der Waals surface area contributed by atoms with Gasteiger partial charge in [0.1, 0.15) is 0 Å². The Balaban J connectivity index is 2.25. The summed E-state index contributed by atoms with van der Waals surface area (Å²) in [6.07, 6.45) is 2.85. The van der Waals surface area contributed by atoms with E-state index >= 15 is 0 Å². The Kier molecular flexibility index (Phi) is 3.73. The molecule has 6 heteroatoms. The molecule has 0 spiro atoms. The maximum absolute atomic E-state index is 12.2. The average Bonchev–Trinajstić information content (AvgIpc) is 2.38. The number of sulfonamides is 1. The van der Waals surface area contributed by atoms with Crippen molar-refractivity contribution in [3.05, 3.63) is 41.5 Å². The van der Waals surface area contributed by atoms with E-state index in [0.717, 1.165) is 6.42 Å². The van der Waals surface area contributed by atoms with Gasteiger partial charge in [0.15, 0.2) is 0 Å². The third kappa shape index (κ3) is 3.21. The van der Waals surface area contributed by atoms with Crippen LogP contribution in [0.15, 0.2) is 40.8 Å². The van der Waals surface area contributed by atoms with Gasteiger partial charge in [0, 0.05) is 18.7 Å². The van der Waals surface area contributed by atoms with Crippen LogP contribution >= 0.6 is 0 Å². The van der Waals surface area contributed by atoms with E-state index in [-0.39, 0.29) is 10.8 Å². The summed E-state index contributed by atoms with van der Waals surface area (Å²) in [5.74, 6) is -0.172. The SMILES string of the molecule is CC1=CCN(C(=O)c2cccc(S(N)(=O)=O)c2)CC1. The van der Waals surface area contributed by atoms with Crippen LogP contribution in [0.4, 0.5) is 0 Å². The molecular weight excluding hydrogens is 264 g/mol. The Labute approximate surface area is 112 Å². The van der Waals surface area contributed by atoms with Gasteiger partial charge in [-0.2, -0.15) is 0 Å². The van der Waals surface area contributed by atoms with Crippen LogP contribution in [0.2, 0.25) is 0 Å². The zero-order valence-electron chi connectivity index (χ0n) is 10.7. The fraction of sp³-hybridized carbons (Fsp3) is 0.308.